The molecule has 0 amide bonds. The molecule has 0 saturated carbocycles. The van der Waals surface area contributed by atoms with Crippen molar-refractivity contribution in [1.29, 1.82) is 0 Å². The third kappa shape index (κ3) is 2.49. The molecule has 0 aliphatic rings. The van der Waals surface area contributed by atoms with Crippen LogP contribution in [0, 0.1) is 0 Å². The van der Waals surface area contributed by atoms with Gasteiger partial charge in [-0.2, -0.15) is 0 Å². The van der Waals surface area contributed by atoms with Crippen LogP contribution in [0.5, 0.6) is 5.75 Å². The van der Waals surface area contributed by atoms with Crippen LogP contribution in [-0.4, -0.2) is 42.2 Å². The van der Waals surface area contributed by atoms with Crippen molar-refractivity contribution in [3.63, 3.8) is 0 Å². The highest BCUT2D eigenvalue weighted by Crippen LogP contribution is 2.19. The van der Waals surface area contributed by atoms with Crippen LogP contribution in [0.2, 0.25) is 0 Å². The molecule has 1 aromatic carbocycles. The van der Waals surface area contributed by atoms with E-state index in [0.717, 1.165) is 0 Å². The van der Waals surface area contributed by atoms with Crippen LogP contribution in [0.25, 0.3) is 0 Å². The maximum Gasteiger partial charge on any atom is 0.336 e. The lowest BCUT2D eigenvalue weighted by Gasteiger charge is -2.16. The predicted octanol–water partition coefficient (Wildman–Crippen LogP) is 1.63. The number of benzene rings is 1. The molecule has 16 heavy (non-hydrogen) atoms. The van der Waals surface area contributed by atoms with Crippen molar-refractivity contribution in [3.05, 3.63) is 29.3 Å². The lowest BCUT2D eigenvalue weighted by Crippen LogP contribution is -2.23. The minimum absolute atomic E-state index is 0.180. The summed E-state index contributed by atoms with van der Waals surface area (Å²) in [6.07, 6.45) is 0. The van der Waals surface area contributed by atoms with Gasteiger partial charge in [-0.15, -0.1) is 0 Å². The Kier molecular flexibility index (Phi) is 3.84. The summed E-state index contributed by atoms with van der Waals surface area (Å²) in [4.78, 5) is 13.2. The van der Waals surface area contributed by atoms with E-state index in [2.05, 4.69) is 0 Å². The molecule has 0 heterocycles. The number of hydrogen-bond acceptors (Lipinski definition) is 3. The minimum Gasteiger partial charge on any atom is -0.497 e. The molecular weight excluding hydrogens is 226 g/mol. The molecule has 1 aromatic rings. The fourth-order valence-corrected chi connectivity index (χ4v) is 1.42. The lowest BCUT2D eigenvalue weighted by atomic mass is 10.1. The van der Waals surface area contributed by atoms with Gasteiger partial charge < -0.3 is 14.7 Å². The smallest absolute Gasteiger partial charge is 0.336 e. The quantitative estimate of drug-likeness (QED) is 0.812. The second-order valence-corrected chi connectivity index (χ2v) is 3.80. The Bertz CT molecular complexity index is 429. The van der Waals surface area contributed by atoms with Crippen LogP contribution in [0.4, 0.5) is 0 Å². The summed E-state index contributed by atoms with van der Waals surface area (Å²) < 4.78 is 5.05. The van der Waals surface area contributed by atoms with Crippen LogP contribution in [0.1, 0.15) is 15.9 Å². The highest BCUT2D eigenvalue weighted by molar-refractivity contribution is 7.80. The van der Waals surface area contributed by atoms with E-state index >= 15 is 0 Å². The number of hydrogen-bond donors (Lipinski definition) is 1. The van der Waals surface area contributed by atoms with Crippen LogP contribution >= 0.6 is 12.2 Å². The van der Waals surface area contributed by atoms with E-state index in [1.54, 1.807) is 31.1 Å². The van der Waals surface area contributed by atoms with E-state index in [1.165, 1.54) is 13.2 Å². The molecule has 0 atom stereocenters. The number of rotatable bonds is 3. The molecule has 86 valence electrons. The number of carboxylic acids is 1. The van der Waals surface area contributed by atoms with Crippen LogP contribution in [-0.2, 0) is 0 Å². The third-order valence-corrected chi connectivity index (χ3v) is 2.68. The Morgan fingerprint density at radius 2 is 2.00 bits per heavy atom. The molecule has 0 saturated heterocycles. The van der Waals surface area contributed by atoms with Gasteiger partial charge in [-0.3, -0.25) is 0 Å². The normalized spacial score (nSPS) is 9.69. The van der Waals surface area contributed by atoms with E-state index < -0.39 is 5.97 Å². The number of aromatic carboxylic acids is 1. The van der Waals surface area contributed by atoms with E-state index in [0.29, 0.717) is 16.3 Å². The molecule has 1 N–H and O–H groups in total. The first-order valence-electron chi connectivity index (χ1n) is 4.60. The van der Waals surface area contributed by atoms with Crippen molar-refractivity contribution in [2.75, 3.05) is 21.2 Å². The molecule has 0 unspecified atom stereocenters. The van der Waals surface area contributed by atoms with Crippen LogP contribution in [0.15, 0.2) is 18.2 Å². The third-order valence-electron chi connectivity index (χ3n) is 2.09. The minimum atomic E-state index is -0.998. The van der Waals surface area contributed by atoms with E-state index in [1.807, 2.05) is 0 Å². The summed E-state index contributed by atoms with van der Waals surface area (Å²) in [5.41, 5.74) is 0.673. The standard InChI is InChI=1S/C11H13NO3S/c1-12(2)10(16)9-6-7(15-3)4-5-8(9)11(13)14/h4-6H,1-3H3,(H,13,14). The number of ether oxygens (including phenoxy) is 1. The number of carbonyl (C=O) groups is 1. The summed E-state index contributed by atoms with van der Waals surface area (Å²) in [5.74, 6) is -0.411. The highest BCUT2D eigenvalue weighted by atomic mass is 32.1. The number of methoxy groups -OCH3 is 1. The first-order chi connectivity index (χ1) is 7.47. The van der Waals surface area contributed by atoms with Crippen molar-refractivity contribution in [3.8, 4) is 5.75 Å². The predicted molar refractivity (Wildman–Crippen MR) is 65.3 cm³/mol. The van der Waals surface area contributed by atoms with Crippen molar-refractivity contribution < 1.29 is 14.6 Å². The number of carboxylic acid groups (broad SMARTS) is 1. The van der Waals surface area contributed by atoms with E-state index in [9.17, 15) is 4.79 Å². The van der Waals surface area contributed by atoms with Crippen LogP contribution in [0.3, 0.4) is 0 Å². The van der Waals surface area contributed by atoms with Gasteiger partial charge in [0.25, 0.3) is 0 Å². The van der Waals surface area contributed by atoms with Gasteiger partial charge in [-0.1, -0.05) is 12.2 Å². The molecule has 0 aromatic heterocycles. The zero-order chi connectivity index (χ0) is 12.3. The van der Waals surface area contributed by atoms with Crippen molar-refractivity contribution in [2.24, 2.45) is 0 Å². The first-order valence-corrected chi connectivity index (χ1v) is 5.01. The SMILES string of the molecule is COc1ccc(C(=O)O)c(C(=S)N(C)C)c1. The fraction of sp³-hybridized carbons (Fsp3) is 0.273. The summed E-state index contributed by atoms with van der Waals surface area (Å²) in [6, 6.07) is 4.73. The van der Waals surface area contributed by atoms with E-state index in [4.69, 9.17) is 22.1 Å². The van der Waals surface area contributed by atoms with Gasteiger partial charge in [-0.25, -0.2) is 4.79 Å². The summed E-state index contributed by atoms with van der Waals surface area (Å²) >= 11 is 5.17. The van der Waals surface area contributed by atoms with Crippen molar-refractivity contribution >= 4 is 23.2 Å². The van der Waals surface area contributed by atoms with Gasteiger partial charge >= 0.3 is 5.97 Å². The van der Waals surface area contributed by atoms with Gasteiger partial charge in [0.15, 0.2) is 0 Å². The van der Waals surface area contributed by atoms with Crippen LogP contribution < -0.4 is 4.74 Å². The van der Waals surface area contributed by atoms with Crippen molar-refractivity contribution in [1.82, 2.24) is 4.90 Å². The maximum atomic E-state index is 11.0. The summed E-state index contributed by atoms with van der Waals surface area (Å²) in [6.45, 7) is 0. The molecule has 0 radical (unpaired) electrons. The topological polar surface area (TPSA) is 49.8 Å². The lowest BCUT2D eigenvalue weighted by molar-refractivity contribution is 0.0696. The summed E-state index contributed by atoms with van der Waals surface area (Å²) in [7, 11) is 5.07. The molecular formula is C11H13NO3S. The monoisotopic (exact) mass is 239 g/mol. The second-order valence-electron chi connectivity index (χ2n) is 3.42. The molecule has 0 aliphatic heterocycles. The second kappa shape index (κ2) is 4.94. The Labute approximate surface area is 99.4 Å². The first kappa shape index (κ1) is 12.4. The van der Waals surface area contributed by atoms with Gasteiger partial charge in [0.05, 0.1) is 12.7 Å². The molecule has 1 rings (SSSR count). The maximum absolute atomic E-state index is 11.0. The Balaban J connectivity index is 3.31. The molecule has 0 aliphatic carbocycles. The highest BCUT2D eigenvalue weighted by Gasteiger charge is 2.15. The number of thiocarbonyl (C=S) groups is 1. The zero-order valence-electron chi connectivity index (χ0n) is 9.35. The van der Waals surface area contributed by atoms with Crippen molar-refractivity contribution in [2.45, 2.75) is 0 Å². The zero-order valence-corrected chi connectivity index (χ0v) is 10.2. The largest absolute Gasteiger partial charge is 0.497 e. The summed E-state index contributed by atoms with van der Waals surface area (Å²) in [5, 5.41) is 9.04. The van der Waals surface area contributed by atoms with Gasteiger partial charge in [0.1, 0.15) is 10.7 Å². The Morgan fingerprint density at radius 3 is 2.44 bits per heavy atom. The fourth-order valence-electron chi connectivity index (χ4n) is 1.25. The van der Waals surface area contributed by atoms with E-state index in [-0.39, 0.29) is 5.56 Å². The van der Waals surface area contributed by atoms with Gasteiger partial charge in [0, 0.05) is 19.7 Å². The van der Waals surface area contributed by atoms with Gasteiger partial charge in [0.2, 0.25) is 0 Å². The number of nitrogens with zero attached hydrogens (tertiary/aromatic N) is 1. The molecule has 5 heteroatoms. The molecule has 0 bridgehead atoms. The molecule has 0 fully saturated rings. The Morgan fingerprint density at radius 1 is 1.38 bits per heavy atom. The van der Waals surface area contributed by atoms with Gasteiger partial charge in [-0.05, 0) is 18.2 Å². The molecule has 0 spiro atoms. The Hall–Kier alpha value is -1.62. The average Bonchev–Trinajstić information content (AvgIpc) is 2.26. The molecule has 4 nitrogen and oxygen atoms in total. The average molecular weight is 239 g/mol.